The van der Waals surface area contributed by atoms with Crippen LogP contribution in [0, 0.1) is 11.8 Å². The first-order valence-electron chi connectivity index (χ1n) is 16.7. The molecule has 10 nitrogen and oxygen atoms in total. The van der Waals surface area contributed by atoms with Gasteiger partial charge in [-0.1, -0.05) is 66.2 Å². The number of aliphatic hydroxyl groups excluding tert-OH is 1. The molecule has 6 rings (SSSR count). The van der Waals surface area contributed by atoms with Crippen molar-refractivity contribution in [3.05, 3.63) is 89.5 Å². The molecule has 5 bridgehead atoms. The highest BCUT2D eigenvalue weighted by Crippen LogP contribution is 2.56. The van der Waals surface area contributed by atoms with Crippen molar-refractivity contribution in [1.82, 2.24) is 9.80 Å². The molecular weight excluding hydrogens is 634 g/mol. The third-order valence-corrected chi connectivity index (χ3v) is 10.4. The molecule has 2 aromatic rings. The van der Waals surface area contributed by atoms with E-state index >= 15 is 0 Å². The zero-order chi connectivity index (χ0) is 34.0. The summed E-state index contributed by atoms with van der Waals surface area (Å²) in [7, 11) is 1.70. The topological polar surface area (TPSA) is 117 Å². The van der Waals surface area contributed by atoms with Crippen molar-refractivity contribution in [3.8, 4) is 0 Å². The van der Waals surface area contributed by atoms with Gasteiger partial charge in [0.15, 0.2) is 0 Å². The van der Waals surface area contributed by atoms with Crippen LogP contribution in [0.15, 0.2) is 78.9 Å². The summed E-state index contributed by atoms with van der Waals surface area (Å²) in [6.07, 6.45) is 8.19. The molecule has 2 aromatic carbocycles. The Morgan fingerprint density at radius 3 is 2.44 bits per heavy atom. The van der Waals surface area contributed by atoms with Crippen LogP contribution in [0.4, 0.5) is 5.69 Å². The molecule has 1 N–H and O–H groups in total. The van der Waals surface area contributed by atoms with Crippen molar-refractivity contribution in [2.45, 2.75) is 68.9 Å². The highest BCUT2D eigenvalue weighted by Gasteiger charge is 2.73. The number of anilines is 1. The van der Waals surface area contributed by atoms with Gasteiger partial charge in [-0.3, -0.25) is 19.2 Å². The standard InChI is InChI=1S/C37H42ClN3O7/c1-24-32(25-12-6-3-7-13-25)47-36(46)30-28-19-20-37(48-28)31(30)34(44)41(22-10-5-11-23-42)33(37)35(45)40(27-17-15-26(38)16-18-27)21-9-4-8-14-29(43)39(24)2/h3-4,6-7,9,12-13,15-20,24,28,30-33,42H,5,8,10-11,14,21-23H2,1-2H3/b9-4-/t24-,28+,30-,31-,32+,33+,37-/m0/s1. The number of aliphatic hydroxyl groups is 1. The van der Waals surface area contributed by atoms with Crippen molar-refractivity contribution >= 4 is 41.0 Å². The van der Waals surface area contributed by atoms with E-state index in [1.807, 2.05) is 49.4 Å². The van der Waals surface area contributed by atoms with Crippen LogP contribution in [0.25, 0.3) is 0 Å². The van der Waals surface area contributed by atoms with Gasteiger partial charge < -0.3 is 29.3 Å². The molecule has 0 unspecified atom stereocenters. The summed E-state index contributed by atoms with van der Waals surface area (Å²) in [6, 6.07) is 14.6. The Hall–Kier alpha value is -3.99. The maximum absolute atomic E-state index is 14.8. The molecule has 4 heterocycles. The van der Waals surface area contributed by atoms with E-state index in [1.54, 1.807) is 58.2 Å². The van der Waals surface area contributed by atoms with Crippen LogP contribution in [0.5, 0.6) is 0 Å². The molecule has 3 amide bonds. The Morgan fingerprint density at radius 2 is 1.71 bits per heavy atom. The quantitative estimate of drug-likeness (QED) is 0.262. The Kier molecular flexibility index (Phi) is 10.1. The molecule has 4 aliphatic heterocycles. The fourth-order valence-corrected chi connectivity index (χ4v) is 7.65. The minimum absolute atomic E-state index is 0.0305. The lowest BCUT2D eigenvalue weighted by molar-refractivity contribution is -0.164. The number of unbranched alkanes of at least 4 members (excludes halogenated alkanes) is 2. The van der Waals surface area contributed by atoms with Gasteiger partial charge in [0.25, 0.3) is 5.91 Å². The van der Waals surface area contributed by atoms with E-state index in [9.17, 15) is 24.3 Å². The fraction of sp³-hybridized carbons (Fsp3) is 0.459. The first-order chi connectivity index (χ1) is 23.2. The Balaban J connectivity index is 1.44. The number of rotatable bonds is 7. The lowest BCUT2D eigenvalue weighted by Gasteiger charge is -2.36. The molecule has 0 aliphatic carbocycles. The molecule has 2 saturated heterocycles. The largest absolute Gasteiger partial charge is 0.455 e. The number of allylic oxidation sites excluding steroid dienone is 1. The van der Waals surface area contributed by atoms with Gasteiger partial charge in [0.1, 0.15) is 23.7 Å². The smallest absolute Gasteiger partial charge is 0.313 e. The molecular formula is C37H42ClN3O7. The van der Waals surface area contributed by atoms with E-state index < -0.39 is 47.7 Å². The van der Waals surface area contributed by atoms with Crippen molar-refractivity contribution in [3.63, 3.8) is 0 Å². The molecule has 4 aliphatic rings. The number of esters is 1. The Bertz CT molecular complexity index is 1580. The lowest BCUT2D eigenvalue weighted by atomic mass is 9.74. The van der Waals surface area contributed by atoms with Gasteiger partial charge >= 0.3 is 5.97 Å². The number of likely N-dealkylation sites (tertiary alicyclic amines) is 1. The number of fused-ring (bicyclic) bond motifs is 2. The average molecular weight is 676 g/mol. The summed E-state index contributed by atoms with van der Waals surface area (Å²) in [5.41, 5.74) is -0.0648. The number of hydrogen-bond acceptors (Lipinski definition) is 7. The highest BCUT2D eigenvalue weighted by atomic mass is 35.5. The van der Waals surface area contributed by atoms with Crippen LogP contribution in [0.3, 0.4) is 0 Å². The number of likely N-dealkylation sites (N-methyl/N-ethyl adjacent to an activating group) is 1. The highest BCUT2D eigenvalue weighted by molar-refractivity contribution is 6.30. The van der Waals surface area contributed by atoms with Crippen LogP contribution in [0.1, 0.15) is 50.7 Å². The van der Waals surface area contributed by atoms with E-state index in [1.165, 1.54) is 0 Å². The number of benzene rings is 2. The van der Waals surface area contributed by atoms with Gasteiger partial charge in [0.2, 0.25) is 11.8 Å². The van der Waals surface area contributed by atoms with Crippen LogP contribution < -0.4 is 4.90 Å². The summed E-state index contributed by atoms with van der Waals surface area (Å²) in [6.45, 7) is 2.32. The maximum atomic E-state index is 14.8. The number of hydrogen-bond donors (Lipinski definition) is 1. The van der Waals surface area contributed by atoms with Crippen LogP contribution >= 0.6 is 11.6 Å². The molecule has 11 heteroatoms. The molecule has 254 valence electrons. The molecule has 0 aromatic heterocycles. The van der Waals surface area contributed by atoms with Gasteiger partial charge in [-0.05, 0) is 62.4 Å². The van der Waals surface area contributed by atoms with Crippen LogP contribution in [0.2, 0.25) is 5.02 Å². The number of nitrogens with zero attached hydrogens (tertiary/aromatic N) is 3. The van der Waals surface area contributed by atoms with Gasteiger partial charge in [0.05, 0.1) is 18.1 Å². The summed E-state index contributed by atoms with van der Waals surface area (Å²) in [5.74, 6) is -3.38. The van der Waals surface area contributed by atoms with E-state index in [-0.39, 0.29) is 43.8 Å². The summed E-state index contributed by atoms with van der Waals surface area (Å²) in [4.78, 5) is 61.7. The van der Waals surface area contributed by atoms with Crippen LogP contribution in [-0.4, -0.2) is 89.1 Å². The molecule has 0 radical (unpaired) electrons. The summed E-state index contributed by atoms with van der Waals surface area (Å²) in [5, 5.41) is 9.88. The van der Waals surface area contributed by atoms with Gasteiger partial charge in [-0.25, -0.2) is 0 Å². The predicted molar refractivity (Wildman–Crippen MR) is 180 cm³/mol. The fourth-order valence-electron chi connectivity index (χ4n) is 7.52. The minimum Gasteiger partial charge on any atom is -0.455 e. The molecule has 2 fully saturated rings. The second-order valence-corrected chi connectivity index (χ2v) is 13.4. The monoisotopic (exact) mass is 675 g/mol. The number of carbonyl (C=O) groups excluding carboxylic acids is 4. The second-order valence-electron chi connectivity index (χ2n) is 13.0. The van der Waals surface area contributed by atoms with Crippen molar-refractivity contribution in [1.29, 1.82) is 0 Å². The number of ether oxygens (including phenoxy) is 2. The normalized spacial score (nSPS) is 31.4. The zero-order valence-electron chi connectivity index (χ0n) is 27.2. The van der Waals surface area contributed by atoms with E-state index in [4.69, 9.17) is 21.1 Å². The van der Waals surface area contributed by atoms with E-state index in [2.05, 4.69) is 0 Å². The molecule has 0 saturated carbocycles. The first-order valence-corrected chi connectivity index (χ1v) is 17.1. The van der Waals surface area contributed by atoms with Crippen molar-refractivity contribution in [2.75, 3.05) is 31.6 Å². The van der Waals surface area contributed by atoms with Crippen molar-refractivity contribution in [2.24, 2.45) is 11.8 Å². The van der Waals surface area contributed by atoms with Gasteiger partial charge in [-0.2, -0.15) is 0 Å². The minimum atomic E-state index is -1.37. The molecule has 48 heavy (non-hydrogen) atoms. The zero-order valence-corrected chi connectivity index (χ0v) is 28.0. The lowest BCUT2D eigenvalue weighted by Crippen LogP contribution is -2.56. The average Bonchev–Trinajstić information content (AvgIpc) is 3.74. The maximum Gasteiger partial charge on any atom is 0.313 e. The number of carbonyl (C=O) groups is 4. The number of cyclic esters (lactones) is 1. The molecule has 7 atom stereocenters. The third-order valence-electron chi connectivity index (χ3n) is 10.1. The van der Waals surface area contributed by atoms with Gasteiger partial charge in [-0.15, -0.1) is 0 Å². The van der Waals surface area contributed by atoms with Crippen LogP contribution in [-0.2, 0) is 28.7 Å². The number of amides is 3. The number of halogens is 1. The first kappa shape index (κ1) is 33.9. The second kappa shape index (κ2) is 14.2. The Morgan fingerprint density at radius 1 is 0.958 bits per heavy atom. The summed E-state index contributed by atoms with van der Waals surface area (Å²) < 4.78 is 12.8. The Labute approximate surface area is 285 Å². The third kappa shape index (κ3) is 6.17. The van der Waals surface area contributed by atoms with Gasteiger partial charge in [0, 0.05) is 43.9 Å². The van der Waals surface area contributed by atoms with Crippen molar-refractivity contribution < 1.29 is 33.8 Å². The molecule has 1 spiro atoms. The SMILES string of the molecule is C[C@H]1[C@H](c2ccccc2)OC(=O)[C@@H]2[C@H]3C(=O)N(CCCCCO)[C@H](C(=O)N(c4ccc(Cl)cc4)C/C=C\CCC(=O)N1C)[C@]31C=C[C@H]2O1. The van der Waals surface area contributed by atoms with E-state index in [0.717, 1.165) is 5.56 Å². The van der Waals surface area contributed by atoms with E-state index in [0.29, 0.717) is 36.4 Å². The summed E-state index contributed by atoms with van der Waals surface area (Å²) >= 11 is 6.20. The predicted octanol–water partition coefficient (Wildman–Crippen LogP) is 4.47.